The molecule has 0 aromatic carbocycles. The van der Waals surface area contributed by atoms with Crippen molar-refractivity contribution in [3.63, 3.8) is 0 Å². The Bertz CT molecular complexity index is 527. The monoisotopic (exact) mass is 285 g/mol. The van der Waals surface area contributed by atoms with Crippen LogP contribution in [0.1, 0.15) is 12.8 Å². The molecule has 1 fully saturated rings. The van der Waals surface area contributed by atoms with E-state index in [1.165, 1.54) is 4.31 Å². The number of guanidine groups is 1. The summed E-state index contributed by atoms with van der Waals surface area (Å²) in [7, 11) is -3.34. The lowest BCUT2D eigenvalue weighted by atomic mass is 9.94. The smallest absolute Gasteiger partial charge is 0.235 e. The minimum atomic E-state index is -3.34. The van der Waals surface area contributed by atoms with Crippen LogP contribution in [0.15, 0.2) is 29.3 Å². The molecular formula is C11H19N5O2S. The summed E-state index contributed by atoms with van der Waals surface area (Å²) in [4.78, 5) is 4.17. The van der Waals surface area contributed by atoms with Gasteiger partial charge in [-0.05, 0) is 24.8 Å². The first kappa shape index (κ1) is 14.0. The topological polar surface area (TPSA) is 114 Å². The fourth-order valence-corrected chi connectivity index (χ4v) is 3.43. The lowest BCUT2D eigenvalue weighted by Gasteiger charge is -2.27. The number of sulfonamides is 1. The third-order valence-corrected chi connectivity index (χ3v) is 4.84. The molecule has 0 bridgehead atoms. The van der Waals surface area contributed by atoms with Gasteiger partial charge in [-0.25, -0.2) is 13.4 Å². The predicted molar refractivity (Wildman–Crippen MR) is 74.2 cm³/mol. The number of hydrogen-bond acceptors (Lipinski definition) is 6. The van der Waals surface area contributed by atoms with Crippen molar-refractivity contribution in [2.75, 3.05) is 13.1 Å². The van der Waals surface area contributed by atoms with Crippen molar-refractivity contribution in [1.29, 1.82) is 0 Å². The highest BCUT2D eigenvalue weighted by atomic mass is 32.2. The van der Waals surface area contributed by atoms with Crippen LogP contribution in [0.4, 0.5) is 0 Å². The number of hydrogen-bond donors (Lipinski definition) is 3. The van der Waals surface area contributed by atoms with E-state index in [1.54, 1.807) is 12.3 Å². The van der Waals surface area contributed by atoms with Gasteiger partial charge >= 0.3 is 0 Å². The van der Waals surface area contributed by atoms with E-state index in [-0.39, 0.29) is 11.9 Å². The van der Waals surface area contributed by atoms with Gasteiger partial charge in [-0.2, -0.15) is 4.31 Å². The van der Waals surface area contributed by atoms with Crippen molar-refractivity contribution in [3.8, 4) is 0 Å². The Labute approximate surface area is 113 Å². The molecule has 2 aliphatic heterocycles. The highest BCUT2D eigenvalue weighted by Gasteiger charge is 2.35. The van der Waals surface area contributed by atoms with E-state index in [0.717, 1.165) is 11.8 Å². The Kier molecular flexibility index (Phi) is 3.66. The molecule has 0 aromatic heterocycles. The summed E-state index contributed by atoms with van der Waals surface area (Å²) in [6, 6.07) is 0. The normalized spacial score (nSPS) is 31.8. The van der Waals surface area contributed by atoms with E-state index in [0.29, 0.717) is 19.5 Å². The quantitative estimate of drug-likeness (QED) is 0.629. The molecule has 2 rings (SSSR count). The molecule has 106 valence electrons. The van der Waals surface area contributed by atoms with Crippen molar-refractivity contribution in [3.05, 3.63) is 24.3 Å². The van der Waals surface area contributed by atoms with Gasteiger partial charge < -0.3 is 16.8 Å². The predicted octanol–water partition coefficient (Wildman–Crippen LogP) is -0.742. The summed E-state index contributed by atoms with van der Waals surface area (Å²) in [6.07, 6.45) is 4.74. The Morgan fingerprint density at radius 1 is 1.68 bits per heavy atom. The molecule has 7 nitrogen and oxygen atoms in total. The molecule has 8 heteroatoms. The van der Waals surface area contributed by atoms with Gasteiger partial charge in [0.25, 0.3) is 0 Å². The lowest BCUT2D eigenvalue weighted by Crippen LogP contribution is -2.45. The third-order valence-electron chi connectivity index (χ3n) is 3.37. The van der Waals surface area contributed by atoms with E-state index in [9.17, 15) is 8.42 Å². The van der Waals surface area contributed by atoms with Gasteiger partial charge in [0.2, 0.25) is 10.0 Å². The molecule has 0 aliphatic carbocycles. The van der Waals surface area contributed by atoms with Gasteiger partial charge in [0.15, 0.2) is 5.96 Å². The Balaban J connectivity index is 2.01. The summed E-state index contributed by atoms with van der Waals surface area (Å²) in [6.45, 7) is 4.27. The number of nitrogens with zero attached hydrogens (tertiary/aromatic N) is 2. The molecule has 2 atom stereocenters. The summed E-state index contributed by atoms with van der Waals surface area (Å²) in [5.74, 6) is 0.442. The van der Waals surface area contributed by atoms with E-state index in [1.807, 2.05) is 0 Å². The van der Waals surface area contributed by atoms with Gasteiger partial charge in [-0.3, -0.25) is 0 Å². The van der Waals surface area contributed by atoms with Gasteiger partial charge in [0.05, 0.1) is 0 Å². The molecule has 1 saturated heterocycles. The second-order valence-electron chi connectivity index (χ2n) is 4.89. The Morgan fingerprint density at radius 2 is 2.42 bits per heavy atom. The SMILES string of the molecule is C=CS(=O)(=O)N1CCC(CC2(N)C=CNC(N)=N2)C1. The van der Waals surface area contributed by atoms with E-state index < -0.39 is 15.7 Å². The van der Waals surface area contributed by atoms with Crippen LogP contribution in [-0.4, -0.2) is 37.4 Å². The summed E-state index contributed by atoms with van der Waals surface area (Å²) < 4.78 is 24.8. The number of rotatable bonds is 4. The molecule has 2 unspecified atom stereocenters. The maximum Gasteiger partial charge on any atom is 0.235 e. The molecule has 2 aliphatic rings. The fourth-order valence-electron chi connectivity index (χ4n) is 2.44. The molecule has 19 heavy (non-hydrogen) atoms. The summed E-state index contributed by atoms with van der Waals surface area (Å²) >= 11 is 0. The number of nitrogens with one attached hydrogen (secondary N) is 1. The zero-order chi connectivity index (χ0) is 14.1. The van der Waals surface area contributed by atoms with Crippen molar-refractivity contribution in [1.82, 2.24) is 9.62 Å². The Morgan fingerprint density at radius 3 is 3.05 bits per heavy atom. The average Bonchev–Trinajstić information content (AvgIpc) is 2.77. The highest BCUT2D eigenvalue weighted by molar-refractivity contribution is 7.92. The van der Waals surface area contributed by atoms with Crippen molar-refractivity contribution >= 4 is 16.0 Å². The summed E-state index contributed by atoms with van der Waals surface area (Å²) in [5.41, 5.74) is 10.9. The Hall–Kier alpha value is -1.38. The second-order valence-corrected chi connectivity index (χ2v) is 6.77. The molecule has 2 heterocycles. The zero-order valence-corrected chi connectivity index (χ0v) is 11.4. The highest BCUT2D eigenvalue weighted by Crippen LogP contribution is 2.28. The summed E-state index contributed by atoms with van der Waals surface area (Å²) in [5, 5.41) is 3.73. The van der Waals surface area contributed by atoms with E-state index >= 15 is 0 Å². The second kappa shape index (κ2) is 4.95. The first-order valence-corrected chi connectivity index (χ1v) is 7.56. The van der Waals surface area contributed by atoms with Crippen molar-refractivity contribution in [2.45, 2.75) is 18.5 Å². The van der Waals surface area contributed by atoms with Crippen molar-refractivity contribution in [2.24, 2.45) is 22.4 Å². The molecule has 0 radical (unpaired) electrons. The van der Waals surface area contributed by atoms with Gasteiger partial charge in [0.1, 0.15) is 5.66 Å². The maximum atomic E-state index is 11.7. The molecule has 0 amide bonds. The van der Waals surface area contributed by atoms with E-state index in [4.69, 9.17) is 11.5 Å². The van der Waals surface area contributed by atoms with Crippen LogP contribution in [-0.2, 0) is 10.0 Å². The maximum absolute atomic E-state index is 11.7. The fraction of sp³-hybridized carbons (Fsp3) is 0.545. The number of aliphatic imine (C=N–C) groups is 1. The van der Waals surface area contributed by atoms with Crippen LogP contribution < -0.4 is 16.8 Å². The van der Waals surface area contributed by atoms with Crippen LogP contribution >= 0.6 is 0 Å². The zero-order valence-electron chi connectivity index (χ0n) is 10.6. The van der Waals surface area contributed by atoms with Crippen LogP contribution in [0.3, 0.4) is 0 Å². The largest absolute Gasteiger partial charge is 0.370 e. The molecule has 5 N–H and O–H groups in total. The lowest BCUT2D eigenvalue weighted by molar-refractivity contribution is 0.379. The van der Waals surface area contributed by atoms with Crippen molar-refractivity contribution < 1.29 is 8.42 Å². The van der Waals surface area contributed by atoms with Gasteiger partial charge in [0, 0.05) is 24.7 Å². The van der Waals surface area contributed by atoms with Crippen LogP contribution in [0.5, 0.6) is 0 Å². The standard InChI is InChI=1S/C11H19N5O2S/c1-2-19(17,18)16-6-3-9(8-16)7-11(13)4-5-14-10(12)15-11/h2,4-5,9H,1,3,6-8,13H2,(H3,12,14,15). The van der Waals surface area contributed by atoms with Gasteiger partial charge in [-0.1, -0.05) is 6.58 Å². The molecule has 0 saturated carbocycles. The molecular weight excluding hydrogens is 266 g/mol. The van der Waals surface area contributed by atoms with E-state index in [2.05, 4.69) is 16.9 Å². The first-order valence-electron chi connectivity index (χ1n) is 6.06. The molecule has 0 aromatic rings. The minimum absolute atomic E-state index is 0.166. The molecule has 0 spiro atoms. The minimum Gasteiger partial charge on any atom is -0.370 e. The average molecular weight is 285 g/mol. The van der Waals surface area contributed by atoms with Gasteiger partial charge in [-0.15, -0.1) is 0 Å². The van der Waals surface area contributed by atoms with Crippen LogP contribution in [0, 0.1) is 5.92 Å². The third kappa shape index (κ3) is 3.14. The van der Waals surface area contributed by atoms with Crippen LogP contribution in [0.2, 0.25) is 0 Å². The van der Waals surface area contributed by atoms with Crippen LogP contribution in [0.25, 0.3) is 0 Å². The number of nitrogens with two attached hydrogens (primary N) is 2. The first-order chi connectivity index (χ1) is 8.85.